The largest absolute Gasteiger partial charge is 0.359 e. The van der Waals surface area contributed by atoms with Crippen LogP contribution < -0.4 is 5.32 Å². The van der Waals surface area contributed by atoms with Gasteiger partial charge in [-0.2, -0.15) is 0 Å². The maximum atomic E-state index is 11.9. The summed E-state index contributed by atoms with van der Waals surface area (Å²) < 4.78 is 0. The van der Waals surface area contributed by atoms with E-state index in [9.17, 15) is 9.59 Å². The molecule has 0 bridgehead atoms. The van der Waals surface area contributed by atoms with E-state index in [2.05, 4.69) is 5.32 Å². The molecule has 0 aromatic heterocycles. The van der Waals surface area contributed by atoms with Gasteiger partial charge in [0.05, 0.1) is 5.75 Å². The predicted molar refractivity (Wildman–Crippen MR) is 77.0 cm³/mol. The summed E-state index contributed by atoms with van der Waals surface area (Å²) in [6.07, 6.45) is 0.309. The summed E-state index contributed by atoms with van der Waals surface area (Å²) in [5.41, 5.74) is 0.928. The van der Waals surface area contributed by atoms with Crippen molar-refractivity contribution in [1.29, 1.82) is 0 Å². The van der Waals surface area contributed by atoms with Crippen LogP contribution in [0.1, 0.15) is 17.4 Å². The standard InChI is InChI=1S/C13H15ClN2O2S/c1-15-11(17)6-7-16-12(18)8-19-13(16)9-4-2-3-5-10(9)14/h2-5,13H,6-8H2,1H3,(H,15,17). The Bertz CT molecular complexity index is 495. The summed E-state index contributed by atoms with van der Waals surface area (Å²) in [7, 11) is 1.59. The molecule has 1 heterocycles. The van der Waals surface area contributed by atoms with Gasteiger partial charge in [-0.1, -0.05) is 29.8 Å². The Morgan fingerprint density at radius 2 is 2.26 bits per heavy atom. The normalized spacial score (nSPS) is 18.7. The van der Waals surface area contributed by atoms with Gasteiger partial charge in [-0.3, -0.25) is 9.59 Å². The van der Waals surface area contributed by atoms with E-state index in [1.165, 1.54) is 0 Å². The highest BCUT2D eigenvalue weighted by Crippen LogP contribution is 2.41. The van der Waals surface area contributed by atoms with Crippen LogP contribution in [0.4, 0.5) is 0 Å². The van der Waals surface area contributed by atoms with Gasteiger partial charge in [-0.25, -0.2) is 0 Å². The topological polar surface area (TPSA) is 49.4 Å². The fourth-order valence-electron chi connectivity index (χ4n) is 1.98. The van der Waals surface area contributed by atoms with Gasteiger partial charge in [0.25, 0.3) is 0 Å². The molecule has 1 N–H and O–H groups in total. The first-order valence-corrected chi connectivity index (χ1v) is 7.42. The van der Waals surface area contributed by atoms with Crippen molar-refractivity contribution in [3.05, 3.63) is 34.9 Å². The Balaban J connectivity index is 2.13. The first-order valence-electron chi connectivity index (χ1n) is 5.99. The van der Waals surface area contributed by atoms with Crippen molar-refractivity contribution < 1.29 is 9.59 Å². The fraction of sp³-hybridized carbons (Fsp3) is 0.385. The van der Waals surface area contributed by atoms with Crippen molar-refractivity contribution in [2.45, 2.75) is 11.8 Å². The molecule has 1 aliphatic heterocycles. The Kier molecular flexibility index (Phi) is 4.71. The van der Waals surface area contributed by atoms with Gasteiger partial charge in [0.15, 0.2) is 0 Å². The van der Waals surface area contributed by atoms with Crippen molar-refractivity contribution in [1.82, 2.24) is 10.2 Å². The van der Waals surface area contributed by atoms with E-state index in [1.54, 1.807) is 23.7 Å². The van der Waals surface area contributed by atoms with Crippen LogP contribution in [0.25, 0.3) is 0 Å². The smallest absolute Gasteiger partial charge is 0.233 e. The van der Waals surface area contributed by atoms with Gasteiger partial charge < -0.3 is 10.2 Å². The summed E-state index contributed by atoms with van der Waals surface area (Å²) in [6, 6.07) is 7.51. The number of rotatable bonds is 4. The summed E-state index contributed by atoms with van der Waals surface area (Å²) in [6.45, 7) is 0.418. The predicted octanol–water partition coefficient (Wildman–Crippen LogP) is 2.05. The summed E-state index contributed by atoms with van der Waals surface area (Å²) in [5, 5.41) is 3.12. The Labute approximate surface area is 121 Å². The number of carbonyl (C=O) groups excluding carboxylic acids is 2. The second-order valence-electron chi connectivity index (χ2n) is 4.20. The van der Waals surface area contributed by atoms with Crippen molar-refractivity contribution in [3.8, 4) is 0 Å². The zero-order valence-electron chi connectivity index (χ0n) is 10.6. The van der Waals surface area contributed by atoms with Crippen LogP contribution in [0.3, 0.4) is 0 Å². The highest BCUT2D eigenvalue weighted by Gasteiger charge is 2.33. The van der Waals surface area contributed by atoms with E-state index in [0.717, 1.165) is 5.56 Å². The Hall–Kier alpha value is -1.20. The zero-order chi connectivity index (χ0) is 13.8. The lowest BCUT2D eigenvalue weighted by Crippen LogP contribution is -2.32. The van der Waals surface area contributed by atoms with Crippen LogP contribution in [0.15, 0.2) is 24.3 Å². The molecule has 19 heavy (non-hydrogen) atoms. The van der Waals surface area contributed by atoms with Crippen LogP contribution in [0.5, 0.6) is 0 Å². The number of hydrogen-bond acceptors (Lipinski definition) is 3. The van der Waals surface area contributed by atoms with Crippen molar-refractivity contribution in [2.24, 2.45) is 0 Å². The van der Waals surface area contributed by atoms with Crippen LogP contribution in [0, 0.1) is 0 Å². The van der Waals surface area contributed by atoms with E-state index in [-0.39, 0.29) is 17.2 Å². The van der Waals surface area contributed by atoms with Crippen molar-refractivity contribution in [3.63, 3.8) is 0 Å². The number of amides is 2. The van der Waals surface area contributed by atoms with Crippen molar-refractivity contribution in [2.75, 3.05) is 19.3 Å². The van der Waals surface area contributed by atoms with E-state index >= 15 is 0 Å². The van der Waals surface area contributed by atoms with Crippen LogP contribution in [-0.2, 0) is 9.59 Å². The van der Waals surface area contributed by atoms with E-state index in [4.69, 9.17) is 11.6 Å². The molecule has 2 amide bonds. The minimum Gasteiger partial charge on any atom is -0.359 e. The van der Waals surface area contributed by atoms with Gasteiger partial charge in [-0.15, -0.1) is 11.8 Å². The van der Waals surface area contributed by atoms with E-state index in [1.807, 2.05) is 24.3 Å². The number of thioether (sulfide) groups is 1. The van der Waals surface area contributed by atoms with E-state index < -0.39 is 0 Å². The molecule has 1 saturated heterocycles. The molecular formula is C13H15ClN2O2S. The number of halogens is 1. The fourth-order valence-corrected chi connectivity index (χ4v) is 3.53. The molecule has 1 unspecified atom stereocenters. The molecule has 0 radical (unpaired) electrons. The number of benzene rings is 1. The average molecular weight is 299 g/mol. The molecule has 1 aliphatic rings. The van der Waals surface area contributed by atoms with Gasteiger partial charge in [0.1, 0.15) is 5.37 Å². The molecule has 1 fully saturated rings. The zero-order valence-corrected chi connectivity index (χ0v) is 12.1. The maximum Gasteiger partial charge on any atom is 0.233 e. The highest BCUT2D eigenvalue weighted by atomic mass is 35.5. The Morgan fingerprint density at radius 3 is 2.95 bits per heavy atom. The minimum absolute atomic E-state index is 0.0545. The second-order valence-corrected chi connectivity index (χ2v) is 5.67. The lowest BCUT2D eigenvalue weighted by molar-refractivity contribution is -0.129. The molecule has 1 aromatic rings. The lowest BCUT2D eigenvalue weighted by Gasteiger charge is -2.24. The Morgan fingerprint density at radius 1 is 1.53 bits per heavy atom. The summed E-state index contributed by atoms with van der Waals surface area (Å²) >= 11 is 7.72. The van der Waals surface area contributed by atoms with Crippen LogP contribution in [-0.4, -0.2) is 36.1 Å². The number of nitrogens with zero attached hydrogens (tertiary/aromatic N) is 1. The lowest BCUT2D eigenvalue weighted by atomic mass is 10.2. The monoisotopic (exact) mass is 298 g/mol. The molecular weight excluding hydrogens is 284 g/mol. The molecule has 0 spiro atoms. The second kappa shape index (κ2) is 6.30. The SMILES string of the molecule is CNC(=O)CCN1C(=O)CSC1c1ccccc1Cl. The molecule has 2 rings (SSSR count). The molecule has 1 atom stereocenters. The van der Waals surface area contributed by atoms with Crippen LogP contribution >= 0.6 is 23.4 Å². The molecule has 1 aromatic carbocycles. The molecule has 0 saturated carbocycles. The molecule has 0 aliphatic carbocycles. The third-order valence-corrected chi connectivity index (χ3v) is 4.58. The molecule has 6 heteroatoms. The highest BCUT2D eigenvalue weighted by molar-refractivity contribution is 8.00. The van der Waals surface area contributed by atoms with Crippen molar-refractivity contribution >= 4 is 35.2 Å². The van der Waals surface area contributed by atoms with E-state index in [0.29, 0.717) is 23.7 Å². The number of nitrogens with one attached hydrogen (secondary N) is 1. The van der Waals surface area contributed by atoms with Gasteiger partial charge in [0, 0.05) is 30.6 Å². The number of carbonyl (C=O) groups is 2. The summed E-state index contributed by atoms with van der Waals surface area (Å²) in [5.74, 6) is 0.422. The first kappa shape index (κ1) is 14.2. The average Bonchev–Trinajstić information content (AvgIpc) is 2.78. The minimum atomic E-state index is -0.0918. The number of hydrogen-bond donors (Lipinski definition) is 1. The van der Waals surface area contributed by atoms with Gasteiger partial charge in [0.2, 0.25) is 11.8 Å². The third kappa shape index (κ3) is 3.22. The maximum absolute atomic E-state index is 11.9. The van der Waals surface area contributed by atoms with Crippen LogP contribution in [0.2, 0.25) is 5.02 Å². The summed E-state index contributed by atoms with van der Waals surface area (Å²) in [4.78, 5) is 24.9. The quantitative estimate of drug-likeness (QED) is 0.925. The van der Waals surface area contributed by atoms with Gasteiger partial charge >= 0.3 is 0 Å². The third-order valence-electron chi connectivity index (χ3n) is 3.00. The molecule has 4 nitrogen and oxygen atoms in total. The van der Waals surface area contributed by atoms with Gasteiger partial charge in [-0.05, 0) is 6.07 Å². The molecule has 102 valence electrons. The first-order chi connectivity index (χ1) is 9.13.